The van der Waals surface area contributed by atoms with Gasteiger partial charge in [0, 0.05) is 11.3 Å². The molecule has 0 aromatic rings. The number of aliphatic carboxylic acids is 1. The van der Waals surface area contributed by atoms with Crippen molar-refractivity contribution in [3.63, 3.8) is 0 Å². The van der Waals surface area contributed by atoms with Crippen LogP contribution in [0.1, 0.15) is 59.3 Å². The van der Waals surface area contributed by atoms with Crippen LogP contribution in [0.3, 0.4) is 0 Å². The molecule has 1 N–H and O–H groups in total. The summed E-state index contributed by atoms with van der Waals surface area (Å²) in [6, 6.07) is 0. The molecule has 4 rings (SSSR count). The minimum atomic E-state index is -1.06. The minimum Gasteiger partial charge on any atom is -0.481 e. The van der Waals surface area contributed by atoms with Gasteiger partial charge in [-0.1, -0.05) is 37.1 Å². The summed E-state index contributed by atoms with van der Waals surface area (Å²) in [5, 5.41) is 8.70. The lowest BCUT2D eigenvalue weighted by Gasteiger charge is -2.52. The molecule has 0 saturated heterocycles. The summed E-state index contributed by atoms with van der Waals surface area (Å²) in [6.45, 7) is 6.25. The fourth-order valence-electron chi connectivity index (χ4n) is 7.10. The molecule has 32 heavy (non-hydrogen) atoms. The molecule has 0 heterocycles. The van der Waals surface area contributed by atoms with E-state index >= 15 is 0 Å². The highest BCUT2D eigenvalue weighted by Gasteiger charge is 2.59. The summed E-state index contributed by atoms with van der Waals surface area (Å²) in [5.41, 5.74) is 2.19. The van der Waals surface area contributed by atoms with Crippen molar-refractivity contribution >= 4 is 23.5 Å². The average molecular weight is 441 g/mol. The number of carboxylic acid groups (broad SMARTS) is 1. The van der Waals surface area contributed by atoms with Crippen LogP contribution in [-0.4, -0.2) is 35.2 Å². The standard InChI is InChI=1S/C26H32O6/c1-15-12-20-18-5-4-16-13-17(27)8-10-25(16,2)19(18)9-11-26(20,3)24(15)21(28)14-32-23(31)7-6-22(29)30/h8-10,13,15,18,20,24H,4-7,11-12,14H2,1-3H3,(H,29,30). The molecule has 4 aliphatic rings. The topological polar surface area (TPSA) is 97.7 Å². The van der Waals surface area contributed by atoms with Crippen LogP contribution < -0.4 is 0 Å². The van der Waals surface area contributed by atoms with Gasteiger partial charge in [-0.15, -0.1) is 0 Å². The number of hydrogen-bond acceptors (Lipinski definition) is 5. The fraction of sp³-hybridized carbons (Fsp3) is 0.615. The maximum atomic E-state index is 13.2. The van der Waals surface area contributed by atoms with Crippen molar-refractivity contribution in [3.05, 3.63) is 35.5 Å². The van der Waals surface area contributed by atoms with Gasteiger partial charge in [0.25, 0.3) is 0 Å². The molecule has 6 heteroatoms. The quantitative estimate of drug-likeness (QED) is 0.494. The van der Waals surface area contributed by atoms with E-state index in [1.165, 1.54) is 11.1 Å². The number of allylic oxidation sites excluding steroid dienone is 6. The van der Waals surface area contributed by atoms with Crippen LogP contribution in [0.5, 0.6) is 0 Å². The SMILES string of the molecule is CC1CC2C3CCC4=CC(=O)C=CC4(C)C3=CCC2(C)C1C(=O)COC(=O)CCC(=O)O. The highest BCUT2D eigenvalue weighted by Crippen LogP contribution is 2.65. The van der Waals surface area contributed by atoms with Crippen molar-refractivity contribution in [3.8, 4) is 0 Å². The Morgan fingerprint density at radius 1 is 1.22 bits per heavy atom. The summed E-state index contributed by atoms with van der Waals surface area (Å²) < 4.78 is 5.13. The van der Waals surface area contributed by atoms with Crippen LogP contribution in [0.2, 0.25) is 0 Å². The Hall–Kier alpha value is -2.50. The molecule has 0 amide bonds. The average Bonchev–Trinajstić information content (AvgIpc) is 3.01. The first-order valence-corrected chi connectivity index (χ1v) is 11.6. The van der Waals surface area contributed by atoms with Gasteiger partial charge >= 0.3 is 11.9 Å². The number of ether oxygens (including phenoxy) is 1. The van der Waals surface area contributed by atoms with Crippen LogP contribution in [0.4, 0.5) is 0 Å². The summed E-state index contributed by atoms with van der Waals surface area (Å²) in [5.74, 6) is -0.942. The molecule has 0 aliphatic heterocycles. The molecule has 6 nitrogen and oxygen atoms in total. The van der Waals surface area contributed by atoms with Crippen molar-refractivity contribution < 1.29 is 29.0 Å². The summed E-state index contributed by atoms with van der Waals surface area (Å²) in [4.78, 5) is 47.5. The number of ketones is 2. The molecule has 2 saturated carbocycles. The monoisotopic (exact) mass is 440 g/mol. The lowest BCUT2D eigenvalue weighted by atomic mass is 9.52. The van der Waals surface area contributed by atoms with E-state index in [0.717, 1.165) is 25.7 Å². The molecular weight excluding hydrogens is 408 g/mol. The van der Waals surface area contributed by atoms with Gasteiger partial charge in [-0.2, -0.15) is 0 Å². The van der Waals surface area contributed by atoms with Crippen molar-refractivity contribution in [1.82, 2.24) is 0 Å². The number of fused-ring (bicyclic) bond motifs is 5. The van der Waals surface area contributed by atoms with E-state index in [1.807, 2.05) is 0 Å². The van der Waals surface area contributed by atoms with E-state index in [1.54, 1.807) is 12.2 Å². The zero-order valence-corrected chi connectivity index (χ0v) is 19.1. The Balaban J connectivity index is 1.52. The van der Waals surface area contributed by atoms with Crippen LogP contribution in [0.25, 0.3) is 0 Å². The second-order valence-corrected chi connectivity index (χ2v) is 10.4. The number of carboxylic acids is 1. The molecule has 172 valence electrons. The first kappa shape index (κ1) is 22.7. The van der Waals surface area contributed by atoms with Gasteiger partial charge in [-0.3, -0.25) is 19.2 Å². The predicted octanol–water partition coefficient (Wildman–Crippen LogP) is 4.05. The van der Waals surface area contributed by atoms with E-state index < -0.39 is 11.9 Å². The third kappa shape index (κ3) is 3.67. The van der Waals surface area contributed by atoms with Gasteiger partial charge < -0.3 is 9.84 Å². The maximum absolute atomic E-state index is 13.2. The van der Waals surface area contributed by atoms with Crippen LogP contribution >= 0.6 is 0 Å². The molecule has 6 unspecified atom stereocenters. The number of rotatable bonds is 6. The van der Waals surface area contributed by atoms with E-state index in [0.29, 0.717) is 11.8 Å². The molecule has 6 atom stereocenters. The Morgan fingerprint density at radius 3 is 2.69 bits per heavy atom. The number of carbonyl (C=O) groups excluding carboxylic acids is 3. The summed E-state index contributed by atoms with van der Waals surface area (Å²) in [7, 11) is 0. The van der Waals surface area contributed by atoms with E-state index in [4.69, 9.17) is 9.84 Å². The van der Waals surface area contributed by atoms with Gasteiger partial charge in [-0.25, -0.2) is 0 Å². The molecule has 0 aromatic carbocycles. The van der Waals surface area contributed by atoms with Gasteiger partial charge in [-0.05, 0) is 67.9 Å². The lowest BCUT2D eigenvalue weighted by Crippen LogP contribution is -2.45. The molecule has 4 aliphatic carbocycles. The molecule has 0 spiro atoms. The largest absolute Gasteiger partial charge is 0.481 e. The highest BCUT2D eigenvalue weighted by molar-refractivity contribution is 6.01. The van der Waals surface area contributed by atoms with E-state index in [9.17, 15) is 19.2 Å². The molecular formula is C26H32O6. The first-order valence-electron chi connectivity index (χ1n) is 11.6. The highest BCUT2D eigenvalue weighted by atomic mass is 16.5. The number of hydrogen-bond donors (Lipinski definition) is 1. The predicted molar refractivity (Wildman–Crippen MR) is 117 cm³/mol. The Morgan fingerprint density at radius 2 is 1.97 bits per heavy atom. The molecule has 0 radical (unpaired) electrons. The van der Waals surface area contributed by atoms with Crippen molar-refractivity contribution in [2.75, 3.05) is 6.61 Å². The molecule has 0 aromatic heterocycles. The zero-order valence-electron chi connectivity index (χ0n) is 19.1. The normalized spacial score (nSPS) is 37.5. The summed E-state index contributed by atoms with van der Waals surface area (Å²) >= 11 is 0. The van der Waals surface area contributed by atoms with E-state index in [-0.39, 0.29) is 53.7 Å². The smallest absolute Gasteiger partial charge is 0.306 e. The number of Topliss-reactive ketones (excluding diaryl/α,β-unsaturated/α-hetero) is 1. The molecule has 0 bridgehead atoms. The third-order valence-corrected chi connectivity index (χ3v) is 8.55. The van der Waals surface area contributed by atoms with E-state index in [2.05, 4.69) is 32.9 Å². The van der Waals surface area contributed by atoms with Gasteiger partial charge in [0.1, 0.15) is 6.61 Å². The van der Waals surface area contributed by atoms with Gasteiger partial charge in [0.15, 0.2) is 11.6 Å². The minimum absolute atomic E-state index is 0.0613. The Kier molecular flexibility index (Phi) is 5.76. The second-order valence-electron chi connectivity index (χ2n) is 10.4. The van der Waals surface area contributed by atoms with Crippen LogP contribution in [0.15, 0.2) is 35.5 Å². The lowest BCUT2D eigenvalue weighted by molar-refractivity contribution is -0.152. The van der Waals surface area contributed by atoms with Crippen molar-refractivity contribution in [1.29, 1.82) is 0 Å². The third-order valence-electron chi connectivity index (χ3n) is 8.55. The van der Waals surface area contributed by atoms with Crippen molar-refractivity contribution in [2.45, 2.75) is 59.3 Å². The fourth-order valence-corrected chi connectivity index (χ4v) is 7.10. The number of carbonyl (C=O) groups is 4. The van der Waals surface area contributed by atoms with Gasteiger partial charge in [0.05, 0.1) is 12.8 Å². The van der Waals surface area contributed by atoms with Gasteiger partial charge in [0.2, 0.25) is 0 Å². The Bertz CT molecular complexity index is 955. The Labute approximate surface area is 188 Å². The maximum Gasteiger partial charge on any atom is 0.306 e. The second kappa shape index (κ2) is 8.13. The van der Waals surface area contributed by atoms with Crippen LogP contribution in [0, 0.1) is 34.5 Å². The van der Waals surface area contributed by atoms with Crippen LogP contribution in [-0.2, 0) is 23.9 Å². The molecule has 2 fully saturated rings. The number of esters is 1. The zero-order chi connectivity index (χ0) is 23.3. The van der Waals surface area contributed by atoms with Crippen molar-refractivity contribution in [2.24, 2.45) is 34.5 Å². The summed E-state index contributed by atoms with van der Waals surface area (Å²) in [6.07, 6.45) is 11.0. The first-order chi connectivity index (χ1) is 15.1.